The second-order valence-electron chi connectivity index (χ2n) is 9.93. The summed E-state index contributed by atoms with van der Waals surface area (Å²) in [5.41, 5.74) is 1.39. The first-order valence-corrected chi connectivity index (χ1v) is 13.7. The van der Waals surface area contributed by atoms with Crippen LogP contribution in [0.4, 0.5) is 0 Å². The van der Waals surface area contributed by atoms with Crippen LogP contribution in [0.5, 0.6) is 0 Å². The second kappa shape index (κ2) is 8.44. The van der Waals surface area contributed by atoms with E-state index in [1.165, 1.54) is 5.56 Å². The summed E-state index contributed by atoms with van der Waals surface area (Å²) in [6.07, 6.45) is 8.25. The van der Waals surface area contributed by atoms with E-state index < -0.39 is 8.32 Å². The average Bonchev–Trinajstić information content (AvgIpc) is 3.16. The number of allylic oxidation sites excluding steroid dienone is 2. The van der Waals surface area contributed by atoms with E-state index >= 15 is 0 Å². The number of esters is 1. The maximum Gasteiger partial charge on any atom is 0.306 e. The van der Waals surface area contributed by atoms with Crippen LogP contribution in [0.25, 0.3) is 0 Å². The first kappa shape index (κ1) is 21.2. The predicted octanol–water partition coefficient (Wildman–Crippen LogP) is 6.26. The van der Waals surface area contributed by atoms with Gasteiger partial charge in [-0.1, -0.05) is 51.1 Å². The first-order chi connectivity index (χ1) is 13.2. The standard InChI is InChI=1S/C24H36O3Si/c1-24(2,3)28(4,5)27-22(14-10-9-13-18-11-7-6-8-12-18)19-15-16-21-20(19)17-23(25)26-21/h6-8,11-12,14,19-21H,9-10,13,15-17H2,1-5H3/t19-,20-,21?/m0/s1. The molecule has 0 spiro atoms. The first-order valence-electron chi connectivity index (χ1n) is 10.8. The number of benzene rings is 1. The molecule has 2 aliphatic rings. The Kier molecular flexibility index (Phi) is 6.38. The highest BCUT2D eigenvalue weighted by Crippen LogP contribution is 2.47. The number of rotatable bonds is 7. The molecule has 3 atom stereocenters. The van der Waals surface area contributed by atoms with Crippen molar-refractivity contribution in [2.45, 2.75) is 83.5 Å². The maximum absolute atomic E-state index is 11.8. The van der Waals surface area contributed by atoms with Crippen molar-refractivity contribution in [2.75, 3.05) is 0 Å². The Hall–Kier alpha value is -1.55. The van der Waals surface area contributed by atoms with Gasteiger partial charge in [-0.2, -0.15) is 0 Å². The second-order valence-corrected chi connectivity index (χ2v) is 14.7. The fraction of sp³-hybridized carbons (Fsp3) is 0.625. The van der Waals surface area contributed by atoms with Gasteiger partial charge in [0.25, 0.3) is 0 Å². The summed E-state index contributed by atoms with van der Waals surface area (Å²) in [5, 5.41) is 0.163. The molecule has 0 bridgehead atoms. The van der Waals surface area contributed by atoms with Crippen LogP contribution < -0.4 is 0 Å². The van der Waals surface area contributed by atoms with Crippen molar-refractivity contribution in [1.82, 2.24) is 0 Å². The highest BCUT2D eigenvalue weighted by atomic mass is 28.4. The van der Waals surface area contributed by atoms with Gasteiger partial charge in [0, 0.05) is 11.8 Å². The van der Waals surface area contributed by atoms with Crippen molar-refractivity contribution in [3.05, 3.63) is 47.7 Å². The van der Waals surface area contributed by atoms with Crippen LogP contribution in [0.15, 0.2) is 42.2 Å². The zero-order valence-corrected chi connectivity index (χ0v) is 19.2. The molecule has 1 aromatic carbocycles. The van der Waals surface area contributed by atoms with E-state index in [9.17, 15) is 4.79 Å². The summed E-state index contributed by atoms with van der Waals surface area (Å²) in [6.45, 7) is 11.5. The number of carbonyl (C=O) groups excluding carboxylic acids is 1. The van der Waals surface area contributed by atoms with E-state index in [4.69, 9.17) is 9.16 Å². The third-order valence-electron chi connectivity index (χ3n) is 6.84. The predicted molar refractivity (Wildman–Crippen MR) is 116 cm³/mol. The molecule has 2 fully saturated rings. The molecule has 1 saturated heterocycles. The Labute approximate surface area is 171 Å². The number of aryl methyl sites for hydroxylation is 1. The van der Waals surface area contributed by atoms with E-state index in [-0.39, 0.29) is 17.1 Å². The van der Waals surface area contributed by atoms with Gasteiger partial charge in [0.05, 0.1) is 12.2 Å². The van der Waals surface area contributed by atoms with Crippen LogP contribution in [0, 0.1) is 11.8 Å². The Morgan fingerprint density at radius 3 is 2.61 bits per heavy atom. The van der Waals surface area contributed by atoms with Crippen molar-refractivity contribution in [1.29, 1.82) is 0 Å². The van der Waals surface area contributed by atoms with Gasteiger partial charge < -0.3 is 9.16 Å². The van der Waals surface area contributed by atoms with Crippen molar-refractivity contribution in [2.24, 2.45) is 11.8 Å². The molecule has 0 radical (unpaired) electrons. The molecule has 3 nitrogen and oxygen atoms in total. The largest absolute Gasteiger partial charge is 0.547 e. The molecular formula is C24H36O3Si. The number of ether oxygens (including phenoxy) is 1. The Bertz CT molecular complexity index is 702. The smallest absolute Gasteiger partial charge is 0.306 e. The molecule has 0 amide bonds. The number of unbranched alkanes of at least 4 members (excludes halogenated alkanes) is 1. The molecule has 1 unspecified atom stereocenters. The molecule has 1 heterocycles. The van der Waals surface area contributed by atoms with E-state index in [0.717, 1.165) is 37.9 Å². The molecule has 1 aromatic rings. The van der Waals surface area contributed by atoms with Gasteiger partial charge in [0.1, 0.15) is 6.10 Å². The Morgan fingerprint density at radius 2 is 1.93 bits per heavy atom. The van der Waals surface area contributed by atoms with Gasteiger partial charge in [-0.25, -0.2) is 0 Å². The van der Waals surface area contributed by atoms with E-state index in [1.54, 1.807) is 0 Å². The van der Waals surface area contributed by atoms with Crippen molar-refractivity contribution in [3.8, 4) is 0 Å². The zero-order valence-electron chi connectivity index (χ0n) is 18.2. The lowest BCUT2D eigenvalue weighted by Crippen LogP contribution is -2.41. The molecule has 154 valence electrons. The fourth-order valence-corrected chi connectivity index (χ4v) is 5.26. The van der Waals surface area contributed by atoms with Gasteiger partial charge in [0.15, 0.2) is 0 Å². The molecule has 3 rings (SSSR count). The van der Waals surface area contributed by atoms with E-state index in [2.05, 4.69) is 70.3 Å². The van der Waals surface area contributed by atoms with Crippen LogP contribution in [-0.4, -0.2) is 20.4 Å². The van der Waals surface area contributed by atoms with Crippen LogP contribution >= 0.6 is 0 Å². The monoisotopic (exact) mass is 400 g/mol. The number of carbonyl (C=O) groups is 1. The minimum atomic E-state index is -1.91. The topological polar surface area (TPSA) is 35.5 Å². The molecule has 1 aliphatic heterocycles. The van der Waals surface area contributed by atoms with Gasteiger partial charge in [-0.05, 0) is 61.9 Å². The lowest BCUT2D eigenvalue weighted by Gasteiger charge is -2.39. The van der Waals surface area contributed by atoms with Gasteiger partial charge >= 0.3 is 5.97 Å². The lowest BCUT2D eigenvalue weighted by molar-refractivity contribution is -0.141. The minimum Gasteiger partial charge on any atom is -0.547 e. The van der Waals surface area contributed by atoms with Gasteiger partial charge in [-0.15, -0.1) is 0 Å². The summed E-state index contributed by atoms with van der Waals surface area (Å²) >= 11 is 0. The zero-order chi connectivity index (χ0) is 20.4. The van der Waals surface area contributed by atoms with Crippen LogP contribution in [0.1, 0.15) is 58.4 Å². The molecule has 4 heteroatoms. The van der Waals surface area contributed by atoms with Crippen molar-refractivity contribution < 1.29 is 14.0 Å². The average molecular weight is 401 g/mol. The van der Waals surface area contributed by atoms with Gasteiger partial charge in [0.2, 0.25) is 8.32 Å². The quantitative estimate of drug-likeness (QED) is 0.235. The molecule has 28 heavy (non-hydrogen) atoms. The van der Waals surface area contributed by atoms with Crippen molar-refractivity contribution >= 4 is 14.3 Å². The summed E-state index contributed by atoms with van der Waals surface area (Å²) < 4.78 is 12.4. The summed E-state index contributed by atoms with van der Waals surface area (Å²) in [4.78, 5) is 11.8. The third-order valence-corrected chi connectivity index (χ3v) is 11.2. The number of hydrogen-bond acceptors (Lipinski definition) is 3. The van der Waals surface area contributed by atoms with Crippen LogP contribution in [0.2, 0.25) is 18.1 Å². The molecule has 1 saturated carbocycles. The number of fused-ring (bicyclic) bond motifs is 1. The number of hydrogen-bond donors (Lipinski definition) is 0. The minimum absolute atomic E-state index is 0.0320. The summed E-state index contributed by atoms with van der Waals surface area (Å²) in [5.74, 6) is 1.75. The highest BCUT2D eigenvalue weighted by molar-refractivity contribution is 6.74. The summed E-state index contributed by atoms with van der Waals surface area (Å²) in [7, 11) is -1.91. The lowest BCUT2D eigenvalue weighted by atomic mass is 9.91. The van der Waals surface area contributed by atoms with E-state index in [0.29, 0.717) is 18.3 Å². The molecule has 0 N–H and O–H groups in total. The van der Waals surface area contributed by atoms with Crippen LogP contribution in [-0.2, 0) is 20.4 Å². The highest BCUT2D eigenvalue weighted by Gasteiger charge is 2.48. The molecular weight excluding hydrogens is 364 g/mol. The maximum atomic E-state index is 11.8. The normalized spacial score (nSPS) is 25.5. The SMILES string of the molecule is CC(C)(C)[Si](C)(C)OC(=CCCCc1ccccc1)[C@H]1CCC2OC(=O)C[C@H]21. The fourth-order valence-electron chi connectivity index (χ4n) is 4.13. The Morgan fingerprint density at radius 1 is 1.21 bits per heavy atom. The van der Waals surface area contributed by atoms with Gasteiger partial charge in [-0.3, -0.25) is 4.79 Å². The molecule has 1 aliphatic carbocycles. The molecule has 0 aromatic heterocycles. The third kappa shape index (κ3) is 4.89. The van der Waals surface area contributed by atoms with Crippen LogP contribution in [0.3, 0.4) is 0 Å². The van der Waals surface area contributed by atoms with Crippen molar-refractivity contribution in [3.63, 3.8) is 0 Å². The summed E-state index contributed by atoms with van der Waals surface area (Å²) in [6, 6.07) is 10.7. The Balaban J connectivity index is 1.71. The van der Waals surface area contributed by atoms with E-state index in [1.807, 2.05) is 0 Å².